The van der Waals surface area contributed by atoms with Gasteiger partial charge in [-0.1, -0.05) is 11.8 Å². The summed E-state index contributed by atoms with van der Waals surface area (Å²) >= 11 is 3.07. The van der Waals surface area contributed by atoms with Crippen LogP contribution in [0.5, 0.6) is 5.88 Å². The number of rotatable bonds is 5. The number of nitrogens with zero attached hydrogens (tertiary/aromatic N) is 6. The molecule has 3 heterocycles. The van der Waals surface area contributed by atoms with Crippen LogP contribution < -0.4 is 9.64 Å². The molecule has 1 aliphatic heterocycles. The van der Waals surface area contributed by atoms with Crippen molar-refractivity contribution in [3.8, 4) is 24.1 Å². The molecule has 0 radical (unpaired) electrons. The number of aryl methyl sites for hydroxylation is 1. The van der Waals surface area contributed by atoms with Gasteiger partial charge in [0.1, 0.15) is 18.7 Å². The van der Waals surface area contributed by atoms with E-state index in [1.165, 1.54) is 22.2 Å². The Balaban J connectivity index is 1.44. The number of hydrogen-bond acceptors (Lipinski definition) is 9. The molecule has 7 nitrogen and oxygen atoms in total. The van der Waals surface area contributed by atoms with Crippen LogP contribution in [0.15, 0.2) is 10.5 Å². The zero-order valence-corrected chi connectivity index (χ0v) is 18.1. The van der Waals surface area contributed by atoms with Gasteiger partial charge < -0.3 is 9.64 Å². The third kappa shape index (κ3) is 2.83. The van der Waals surface area contributed by atoms with Gasteiger partial charge in [-0.2, -0.15) is 20.8 Å². The maximum Gasteiger partial charge on any atom is 0.238 e. The van der Waals surface area contributed by atoms with Crippen LogP contribution in [0.25, 0.3) is 0 Å². The number of hydrogen-bond donors (Lipinski definition) is 0. The van der Waals surface area contributed by atoms with E-state index in [2.05, 4.69) is 33.1 Å². The number of thioether (sulfide) groups is 1. The Kier molecular flexibility index (Phi) is 4.39. The van der Waals surface area contributed by atoms with E-state index in [1.807, 2.05) is 11.6 Å². The normalized spacial score (nSPS) is 19.3. The third-order valence-corrected chi connectivity index (χ3v) is 7.94. The van der Waals surface area contributed by atoms with Crippen molar-refractivity contribution in [2.24, 2.45) is 5.41 Å². The minimum absolute atomic E-state index is 0.0303. The van der Waals surface area contributed by atoms with Gasteiger partial charge >= 0.3 is 0 Å². The van der Waals surface area contributed by atoms with Crippen molar-refractivity contribution in [3.63, 3.8) is 0 Å². The summed E-state index contributed by atoms with van der Waals surface area (Å²) in [6, 6.07) is 6.87. The molecule has 0 bridgehead atoms. The van der Waals surface area contributed by atoms with Crippen LogP contribution in [0.2, 0.25) is 0 Å². The van der Waals surface area contributed by atoms with E-state index in [1.54, 1.807) is 11.3 Å². The molecule has 2 fully saturated rings. The number of aromatic nitrogens is 2. The summed E-state index contributed by atoms with van der Waals surface area (Å²) in [4.78, 5) is 12.4. The zero-order valence-electron chi connectivity index (χ0n) is 16.4. The number of nitriles is 3. The second-order valence-electron chi connectivity index (χ2n) is 8.20. The Morgan fingerprint density at radius 1 is 1.20 bits per heavy atom. The first kappa shape index (κ1) is 19.2. The molecule has 150 valence electrons. The molecule has 2 aliphatic carbocycles. The van der Waals surface area contributed by atoms with Gasteiger partial charge in [0, 0.05) is 28.8 Å². The van der Waals surface area contributed by atoms with E-state index in [4.69, 9.17) is 4.74 Å². The van der Waals surface area contributed by atoms with Crippen LogP contribution in [-0.2, 0) is 11.8 Å². The van der Waals surface area contributed by atoms with Crippen molar-refractivity contribution in [1.82, 2.24) is 9.97 Å². The number of ether oxygens (including phenoxy) is 1. The fourth-order valence-corrected chi connectivity index (χ4v) is 5.90. The summed E-state index contributed by atoms with van der Waals surface area (Å²) in [5, 5.41) is 31.2. The van der Waals surface area contributed by atoms with Crippen LogP contribution in [0.4, 0.5) is 5.82 Å². The molecular formula is C21H18N6OS2. The molecule has 0 N–H and O–H groups in total. The lowest BCUT2D eigenvalue weighted by Crippen LogP contribution is -2.59. The largest absolute Gasteiger partial charge is 0.475 e. The Hall–Kier alpha value is -2.80. The molecule has 2 aromatic heterocycles. The fraction of sp³-hybridized carbons (Fsp3) is 0.476. The Morgan fingerprint density at radius 2 is 2.00 bits per heavy atom. The lowest BCUT2D eigenvalue weighted by molar-refractivity contribution is 0.255. The summed E-state index contributed by atoms with van der Waals surface area (Å²) in [6.07, 6.45) is 5.55. The molecular weight excluding hydrogens is 416 g/mol. The molecule has 3 aliphatic rings. The predicted molar refractivity (Wildman–Crippen MR) is 113 cm³/mol. The van der Waals surface area contributed by atoms with Crippen molar-refractivity contribution in [2.45, 2.75) is 36.3 Å². The van der Waals surface area contributed by atoms with Crippen molar-refractivity contribution in [2.75, 3.05) is 30.9 Å². The fourth-order valence-electron chi connectivity index (χ4n) is 4.45. The molecule has 30 heavy (non-hydrogen) atoms. The predicted octanol–water partition coefficient (Wildman–Crippen LogP) is 3.39. The molecule has 0 unspecified atom stereocenters. The van der Waals surface area contributed by atoms with Crippen LogP contribution in [0.1, 0.15) is 40.8 Å². The molecule has 5 rings (SSSR count). The number of anilines is 1. The van der Waals surface area contributed by atoms with Crippen molar-refractivity contribution < 1.29 is 4.74 Å². The Morgan fingerprint density at radius 3 is 2.63 bits per heavy atom. The molecule has 0 amide bonds. The molecule has 1 saturated carbocycles. The van der Waals surface area contributed by atoms with Crippen molar-refractivity contribution in [1.29, 1.82) is 15.8 Å². The summed E-state index contributed by atoms with van der Waals surface area (Å²) in [7, 11) is 0. The van der Waals surface area contributed by atoms with E-state index < -0.39 is 5.41 Å². The monoisotopic (exact) mass is 434 g/mol. The molecule has 9 heteroatoms. The highest BCUT2D eigenvalue weighted by Crippen LogP contribution is 2.51. The highest BCUT2D eigenvalue weighted by molar-refractivity contribution is 7.98. The van der Waals surface area contributed by atoms with E-state index in [0.717, 1.165) is 44.3 Å². The number of thiophene rings is 1. The van der Waals surface area contributed by atoms with Crippen LogP contribution in [0, 0.1) is 39.4 Å². The van der Waals surface area contributed by atoms with Gasteiger partial charge in [0.25, 0.3) is 0 Å². The molecule has 1 spiro atoms. The van der Waals surface area contributed by atoms with Gasteiger partial charge in [0.05, 0.1) is 17.0 Å². The maximum absolute atomic E-state index is 9.85. The van der Waals surface area contributed by atoms with E-state index in [-0.39, 0.29) is 17.9 Å². The topological polar surface area (TPSA) is 110 Å². The summed E-state index contributed by atoms with van der Waals surface area (Å²) in [5.74, 6) is 0.844. The van der Waals surface area contributed by atoms with Gasteiger partial charge in [-0.3, -0.25) is 0 Å². The van der Waals surface area contributed by atoms with E-state index >= 15 is 0 Å². The first-order chi connectivity index (χ1) is 14.6. The van der Waals surface area contributed by atoms with E-state index in [9.17, 15) is 15.8 Å². The second-order valence-corrected chi connectivity index (χ2v) is 9.94. The molecule has 1 saturated heterocycles. The van der Waals surface area contributed by atoms with Crippen molar-refractivity contribution in [3.05, 3.63) is 26.9 Å². The van der Waals surface area contributed by atoms with Crippen LogP contribution in [0.3, 0.4) is 0 Å². The summed E-state index contributed by atoms with van der Waals surface area (Å²) in [6.45, 7) is 1.70. The van der Waals surface area contributed by atoms with Crippen LogP contribution in [-0.4, -0.2) is 35.9 Å². The van der Waals surface area contributed by atoms with Gasteiger partial charge in [0.2, 0.25) is 5.88 Å². The van der Waals surface area contributed by atoms with E-state index in [0.29, 0.717) is 16.5 Å². The first-order valence-electron chi connectivity index (χ1n) is 9.73. The SMILES string of the molecule is CSc1nc(OCC2(C#N)CC2)c(C#N)c(N2CC3(CCc4scc(C#N)c43)C2)n1. The number of fused-ring (bicyclic) bond motifs is 2. The molecule has 0 atom stereocenters. The second kappa shape index (κ2) is 6.87. The lowest BCUT2D eigenvalue weighted by atomic mass is 9.74. The zero-order chi connectivity index (χ0) is 20.9. The third-order valence-electron chi connectivity index (χ3n) is 6.34. The minimum atomic E-state index is -0.439. The summed E-state index contributed by atoms with van der Waals surface area (Å²) in [5.41, 5.74) is 1.84. The lowest BCUT2D eigenvalue weighted by Gasteiger charge is -2.49. The Bertz CT molecular complexity index is 1160. The van der Waals surface area contributed by atoms with Gasteiger partial charge in [0.15, 0.2) is 16.5 Å². The highest BCUT2D eigenvalue weighted by Gasteiger charge is 2.51. The average molecular weight is 435 g/mol. The standard InChI is InChI=1S/C21H18N6OS2/c1-29-19-25-17(14(7-23)18(26-19)28-12-20(9-24)4-5-20)27-10-21(11-27)3-2-15-16(21)13(6-22)8-30-15/h8H,2-5,10-12H2,1H3. The van der Waals surface area contributed by atoms with Crippen molar-refractivity contribution >= 4 is 28.9 Å². The Labute approximate surface area is 182 Å². The smallest absolute Gasteiger partial charge is 0.238 e. The highest BCUT2D eigenvalue weighted by atomic mass is 32.2. The summed E-state index contributed by atoms with van der Waals surface area (Å²) < 4.78 is 5.87. The van der Waals surface area contributed by atoms with Gasteiger partial charge in [-0.05, 0) is 37.5 Å². The van der Waals surface area contributed by atoms with Gasteiger partial charge in [-0.15, -0.1) is 11.3 Å². The molecule has 2 aromatic rings. The van der Waals surface area contributed by atoms with Crippen LogP contribution >= 0.6 is 23.1 Å². The maximum atomic E-state index is 9.85. The van der Waals surface area contributed by atoms with Gasteiger partial charge in [-0.25, -0.2) is 4.98 Å². The first-order valence-corrected chi connectivity index (χ1v) is 11.8. The molecule has 0 aromatic carbocycles. The average Bonchev–Trinajstić information content (AvgIpc) is 3.25. The minimum Gasteiger partial charge on any atom is -0.475 e. The quantitative estimate of drug-likeness (QED) is 0.520.